The Morgan fingerprint density at radius 2 is 1.28 bits per heavy atom. The summed E-state index contributed by atoms with van der Waals surface area (Å²) in [5.74, 6) is 2.57. The van der Waals surface area contributed by atoms with Crippen molar-refractivity contribution in [3.63, 3.8) is 0 Å². The smallest absolute Gasteiger partial charge is 0.169 e. The number of benzene rings is 3. The first kappa shape index (κ1) is 36.6. The van der Waals surface area contributed by atoms with Crippen molar-refractivity contribution in [3.05, 3.63) is 95.6 Å². The third-order valence-corrected chi connectivity index (χ3v) is 11.4. The first-order valence-electron chi connectivity index (χ1n) is 14.6. The molecular formula is C35H49N2O4PS. The molecule has 3 rings (SSSR count). The highest BCUT2D eigenvalue weighted by molar-refractivity contribution is 8.53. The van der Waals surface area contributed by atoms with E-state index in [-0.39, 0.29) is 7.43 Å². The van der Waals surface area contributed by atoms with Gasteiger partial charge < -0.3 is 18.7 Å². The number of nitrogens with zero attached hydrogens (tertiary/aromatic N) is 2. The molecule has 6 nitrogen and oxygen atoms in total. The molecule has 1 atom stereocenters. The Morgan fingerprint density at radius 1 is 0.767 bits per heavy atom. The van der Waals surface area contributed by atoms with Crippen LogP contribution in [0.15, 0.2) is 78.9 Å². The van der Waals surface area contributed by atoms with Crippen molar-refractivity contribution in [2.75, 3.05) is 33.2 Å². The van der Waals surface area contributed by atoms with Crippen LogP contribution in [0, 0.1) is 11.3 Å². The van der Waals surface area contributed by atoms with Gasteiger partial charge in [-0.25, -0.2) is 4.67 Å². The van der Waals surface area contributed by atoms with E-state index < -0.39 is 13.1 Å². The van der Waals surface area contributed by atoms with Crippen LogP contribution in [0.5, 0.6) is 11.5 Å². The molecule has 0 bridgehead atoms. The van der Waals surface area contributed by atoms with Crippen molar-refractivity contribution in [1.82, 2.24) is 4.67 Å². The Labute approximate surface area is 265 Å². The number of unbranched alkanes of at least 4 members (excludes halogenated alkanes) is 1. The SMILES string of the molecule is C.COc1ccc(C(OCCCCSP(OCCC#N)N(C(C)C)C(C)C)(c2ccccc2)c2ccc(OC)cc2)cc1. The molecule has 8 heteroatoms. The van der Waals surface area contributed by atoms with Gasteiger partial charge in [0.25, 0.3) is 0 Å². The summed E-state index contributed by atoms with van der Waals surface area (Å²) < 4.78 is 26.5. The van der Waals surface area contributed by atoms with Crippen LogP contribution in [0.2, 0.25) is 0 Å². The number of nitriles is 1. The highest BCUT2D eigenvalue weighted by atomic mass is 32.7. The molecule has 0 fully saturated rings. The number of methoxy groups -OCH3 is 2. The Bertz CT molecular complexity index is 1160. The zero-order valence-electron chi connectivity index (χ0n) is 25.8. The quantitative estimate of drug-likeness (QED) is 0.0794. The van der Waals surface area contributed by atoms with E-state index >= 15 is 0 Å². The molecule has 3 aromatic carbocycles. The van der Waals surface area contributed by atoms with Crippen LogP contribution < -0.4 is 9.47 Å². The molecule has 234 valence electrons. The molecule has 1 unspecified atom stereocenters. The van der Waals surface area contributed by atoms with Crippen molar-refractivity contribution in [3.8, 4) is 17.6 Å². The van der Waals surface area contributed by atoms with Crippen LogP contribution in [-0.2, 0) is 14.9 Å². The summed E-state index contributed by atoms with van der Waals surface area (Å²) in [5, 5.41) is 9.00. The summed E-state index contributed by atoms with van der Waals surface area (Å²) in [6.45, 7) is 9.88. The first-order chi connectivity index (χ1) is 20.4. The number of rotatable bonds is 18. The van der Waals surface area contributed by atoms with Gasteiger partial charge in [0.1, 0.15) is 17.1 Å². The lowest BCUT2D eigenvalue weighted by atomic mass is 9.80. The molecule has 0 aliphatic heterocycles. The second-order valence-corrected chi connectivity index (χ2v) is 14.0. The fourth-order valence-electron chi connectivity index (χ4n) is 4.96. The fourth-order valence-corrected chi connectivity index (χ4v) is 9.63. The maximum absolute atomic E-state index is 9.00. The summed E-state index contributed by atoms with van der Waals surface area (Å²) in [4.78, 5) is 0. The molecule has 0 amide bonds. The van der Waals surface area contributed by atoms with Gasteiger partial charge >= 0.3 is 0 Å². The van der Waals surface area contributed by atoms with Crippen molar-refractivity contribution in [1.29, 1.82) is 5.26 Å². The average molecular weight is 625 g/mol. The van der Waals surface area contributed by atoms with Gasteiger partial charge in [-0.1, -0.05) is 73.4 Å². The van der Waals surface area contributed by atoms with Gasteiger partial charge in [0, 0.05) is 24.4 Å². The number of hydrogen-bond donors (Lipinski definition) is 0. The van der Waals surface area contributed by atoms with Gasteiger partial charge in [-0.3, -0.25) is 0 Å². The van der Waals surface area contributed by atoms with Gasteiger partial charge in [0.15, 0.2) is 7.50 Å². The van der Waals surface area contributed by atoms with E-state index in [1.807, 2.05) is 41.7 Å². The molecule has 0 radical (unpaired) electrons. The van der Waals surface area contributed by atoms with Crippen LogP contribution >= 0.6 is 18.9 Å². The van der Waals surface area contributed by atoms with Crippen LogP contribution in [0.25, 0.3) is 0 Å². The summed E-state index contributed by atoms with van der Waals surface area (Å²) in [5.41, 5.74) is 2.33. The van der Waals surface area contributed by atoms with Gasteiger partial charge in [0.2, 0.25) is 0 Å². The predicted molar refractivity (Wildman–Crippen MR) is 182 cm³/mol. The molecule has 0 saturated carbocycles. The third-order valence-electron chi connectivity index (χ3n) is 6.89. The number of hydrogen-bond acceptors (Lipinski definition) is 7. The van der Waals surface area contributed by atoms with Gasteiger partial charge in [-0.2, -0.15) is 5.26 Å². The zero-order chi connectivity index (χ0) is 30.4. The average Bonchev–Trinajstić information content (AvgIpc) is 3.01. The molecule has 43 heavy (non-hydrogen) atoms. The minimum Gasteiger partial charge on any atom is -0.497 e. The second-order valence-electron chi connectivity index (χ2n) is 10.4. The highest BCUT2D eigenvalue weighted by Crippen LogP contribution is 2.56. The molecule has 0 aliphatic rings. The van der Waals surface area contributed by atoms with Gasteiger partial charge in [0.05, 0.1) is 33.3 Å². The van der Waals surface area contributed by atoms with Gasteiger partial charge in [-0.05, 0) is 81.5 Å². The molecule has 0 heterocycles. The van der Waals surface area contributed by atoms with E-state index in [1.54, 1.807) is 14.2 Å². The molecular weight excluding hydrogens is 575 g/mol. The van der Waals surface area contributed by atoms with Crippen molar-refractivity contribution >= 4 is 18.9 Å². The summed E-state index contributed by atoms with van der Waals surface area (Å²) in [6, 6.07) is 29.6. The molecule has 0 aliphatic carbocycles. The Hall–Kier alpha value is -2.59. The third kappa shape index (κ3) is 9.96. The minimum absolute atomic E-state index is 0. The first-order valence-corrected chi connectivity index (χ1v) is 17.4. The Morgan fingerprint density at radius 3 is 1.74 bits per heavy atom. The lowest BCUT2D eigenvalue weighted by molar-refractivity contribution is 0.0113. The fraction of sp³-hybridized carbons (Fsp3) is 0.457. The Kier molecular flexibility index (Phi) is 16.1. The molecule has 0 saturated heterocycles. The monoisotopic (exact) mass is 624 g/mol. The molecule has 0 spiro atoms. The molecule has 3 aromatic rings. The van der Waals surface area contributed by atoms with E-state index in [1.165, 1.54) is 0 Å². The van der Waals surface area contributed by atoms with E-state index in [2.05, 4.69) is 87.0 Å². The van der Waals surface area contributed by atoms with Crippen molar-refractivity contribution in [2.24, 2.45) is 0 Å². The van der Waals surface area contributed by atoms with Crippen LogP contribution in [0.1, 0.15) is 71.1 Å². The molecule has 0 aromatic heterocycles. The maximum Gasteiger partial charge on any atom is 0.169 e. The standard InChI is InChI=1S/C34H45N2O4PS.CH4/c1-27(2)36(28(3)4)41(40-25-12-23-35)42-26-11-10-24-39-34(29-13-8-7-9-14-29,30-15-19-32(37-5)20-16-30)31-17-21-33(38-6)22-18-31;/h7-9,13-22,27-28H,10-12,24-26H2,1-6H3;1H4. The largest absolute Gasteiger partial charge is 0.497 e. The topological polar surface area (TPSA) is 64.0 Å². The minimum atomic E-state index is -0.842. The van der Waals surface area contributed by atoms with Crippen LogP contribution in [0.4, 0.5) is 0 Å². The van der Waals surface area contributed by atoms with Crippen LogP contribution in [-0.4, -0.2) is 49.9 Å². The second kappa shape index (κ2) is 18.9. The Balaban J connectivity index is 0.00000645. The molecule has 0 N–H and O–H groups in total. The summed E-state index contributed by atoms with van der Waals surface area (Å²) in [6.07, 6.45) is 2.30. The van der Waals surface area contributed by atoms with E-state index in [4.69, 9.17) is 24.0 Å². The van der Waals surface area contributed by atoms with E-state index in [9.17, 15) is 0 Å². The predicted octanol–water partition coefficient (Wildman–Crippen LogP) is 9.44. The van der Waals surface area contributed by atoms with Crippen molar-refractivity contribution in [2.45, 2.75) is 72.1 Å². The lowest BCUT2D eigenvalue weighted by Gasteiger charge is -2.36. The maximum atomic E-state index is 9.00. The zero-order valence-corrected chi connectivity index (χ0v) is 27.5. The van der Waals surface area contributed by atoms with Gasteiger partial charge in [-0.15, -0.1) is 0 Å². The lowest BCUT2D eigenvalue weighted by Crippen LogP contribution is -2.33. The van der Waals surface area contributed by atoms with Crippen molar-refractivity contribution < 1.29 is 18.7 Å². The number of ether oxygens (including phenoxy) is 3. The normalized spacial score (nSPS) is 12.2. The summed E-state index contributed by atoms with van der Waals surface area (Å²) in [7, 11) is 2.52. The van der Waals surface area contributed by atoms with E-state index in [0.717, 1.165) is 46.8 Å². The highest BCUT2D eigenvalue weighted by Gasteiger charge is 2.37. The van der Waals surface area contributed by atoms with Crippen LogP contribution in [0.3, 0.4) is 0 Å². The van der Waals surface area contributed by atoms with E-state index in [0.29, 0.717) is 31.7 Å². The summed E-state index contributed by atoms with van der Waals surface area (Å²) >= 11 is 1.87.